The van der Waals surface area contributed by atoms with Gasteiger partial charge in [0.25, 0.3) is 0 Å². The molecule has 0 spiro atoms. The van der Waals surface area contributed by atoms with Gasteiger partial charge in [0.2, 0.25) is 0 Å². The van der Waals surface area contributed by atoms with E-state index in [2.05, 4.69) is 28.9 Å². The molecule has 0 saturated carbocycles. The fraction of sp³-hybridized carbons (Fsp3) is 0.150. The Morgan fingerprint density at radius 3 is 2.45 bits per heavy atom. The Morgan fingerprint density at radius 1 is 1.00 bits per heavy atom. The van der Waals surface area contributed by atoms with Crippen molar-refractivity contribution in [3.63, 3.8) is 0 Å². The van der Waals surface area contributed by atoms with Crippen LogP contribution in [0.25, 0.3) is 33.2 Å². The molecule has 0 amide bonds. The van der Waals surface area contributed by atoms with Crippen LogP contribution < -0.4 is 5.73 Å². The SMILES string of the molecule is CC(C)n1cc(-c2cnc(N)c(-c3cc4c(Cl)ccc(F)c4cn3)c2)cn1.Cl.Cl. The molecule has 0 saturated heterocycles. The predicted octanol–water partition coefficient (Wildman–Crippen LogP) is 5.96. The van der Waals surface area contributed by atoms with Crippen molar-refractivity contribution >= 4 is 53.0 Å². The molecule has 2 N–H and O–H groups in total. The van der Waals surface area contributed by atoms with E-state index < -0.39 is 0 Å². The van der Waals surface area contributed by atoms with Gasteiger partial charge in [-0.2, -0.15) is 5.10 Å². The predicted molar refractivity (Wildman–Crippen MR) is 120 cm³/mol. The summed E-state index contributed by atoms with van der Waals surface area (Å²) in [5.74, 6) is -0.0243. The zero-order valence-electron chi connectivity index (χ0n) is 15.6. The molecule has 1 aromatic carbocycles. The Morgan fingerprint density at radius 2 is 1.76 bits per heavy atom. The quantitative estimate of drug-likeness (QED) is 0.415. The monoisotopic (exact) mass is 453 g/mol. The molecule has 0 atom stereocenters. The molecule has 3 heterocycles. The lowest BCUT2D eigenvalue weighted by molar-refractivity contribution is 0.532. The molecule has 29 heavy (non-hydrogen) atoms. The normalized spacial score (nSPS) is 10.7. The maximum absolute atomic E-state index is 14.0. The van der Waals surface area contributed by atoms with Gasteiger partial charge < -0.3 is 5.73 Å². The Bertz CT molecular complexity index is 1160. The highest BCUT2D eigenvalue weighted by Gasteiger charge is 2.13. The second-order valence-electron chi connectivity index (χ2n) is 6.60. The smallest absolute Gasteiger partial charge is 0.132 e. The highest BCUT2D eigenvalue weighted by molar-refractivity contribution is 6.35. The second kappa shape index (κ2) is 8.95. The van der Waals surface area contributed by atoms with Crippen LogP contribution in [0.4, 0.5) is 10.2 Å². The second-order valence-corrected chi connectivity index (χ2v) is 7.01. The van der Waals surface area contributed by atoms with Crippen LogP contribution in [0.5, 0.6) is 0 Å². The number of halogens is 4. The van der Waals surface area contributed by atoms with Gasteiger partial charge in [-0.3, -0.25) is 9.67 Å². The summed E-state index contributed by atoms with van der Waals surface area (Å²) >= 11 is 6.24. The number of pyridine rings is 2. The summed E-state index contributed by atoms with van der Waals surface area (Å²) in [5.41, 5.74) is 9.13. The molecule has 0 aliphatic carbocycles. The summed E-state index contributed by atoms with van der Waals surface area (Å²) in [5, 5.41) is 5.77. The van der Waals surface area contributed by atoms with E-state index in [1.165, 1.54) is 18.3 Å². The third-order valence-corrected chi connectivity index (χ3v) is 4.78. The maximum atomic E-state index is 14.0. The number of anilines is 1. The molecule has 5 nitrogen and oxygen atoms in total. The average molecular weight is 455 g/mol. The van der Waals surface area contributed by atoms with Gasteiger partial charge in [-0.15, -0.1) is 24.8 Å². The summed E-state index contributed by atoms with van der Waals surface area (Å²) in [4.78, 5) is 8.67. The van der Waals surface area contributed by atoms with Gasteiger partial charge in [0, 0.05) is 57.1 Å². The summed E-state index contributed by atoms with van der Waals surface area (Å²) in [6.45, 7) is 4.12. The Balaban J connectivity index is 0.00000150. The third-order valence-electron chi connectivity index (χ3n) is 4.45. The van der Waals surface area contributed by atoms with Gasteiger partial charge in [0.15, 0.2) is 0 Å². The number of nitrogen functional groups attached to an aromatic ring is 1. The molecular formula is C20H19Cl3FN5. The maximum Gasteiger partial charge on any atom is 0.132 e. The van der Waals surface area contributed by atoms with Crippen LogP contribution in [-0.4, -0.2) is 19.7 Å². The number of fused-ring (bicyclic) bond motifs is 1. The van der Waals surface area contributed by atoms with Crippen molar-refractivity contribution in [1.29, 1.82) is 0 Å². The molecule has 0 aliphatic rings. The molecule has 3 aromatic heterocycles. The van der Waals surface area contributed by atoms with Crippen molar-refractivity contribution in [2.24, 2.45) is 0 Å². The van der Waals surface area contributed by atoms with E-state index in [4.69, 9.17) is 17.3 Å². The van der Waals surface area contributed by atoms with E-state index in [1.54, 1.807) is 18.5 Å². The Hall–Kier alpha value is -2.41. The zero-order valence-corrected chi connectivity index (χ0v) is 18.0. The summed E-state index contributed by atoms with van der Waals surface area (Å²) in [6.07, 6.45) is 6.92. The minimum Gasteiger partial charge on any atom is -0.383 e. The van der Waals surface area contributed by atoms with Crippen LogP contribution in [0.3, 0.4) is 0 Å². The lowest BCUT2D eigenvalue weighted by atomic mass is 10.0. The first-order chi connectivity index (χ1) is 12.9. The minimum atomic E-state index is -0.366. The van der Waals surface area contributed by atoms with Crippen molar-refractivity contribution in [2.75, 3.05) is 5.73 Å². The Kier molecular flexibility index (Phi) is 7.06. The molecular weight excluding hydrogens is 436 g/mol. The highest BCUT2D eigenvalue weighted by Crippen LogP contribution is 2.32. The van der Waals surface area contributed by atoms with E-state index in [9.17, 15) is 4.39 Å². The van der Waals surface area contributed by atoms with E-state index in [0.29, 0.717) is 32.9 Å². The Labute approximate surface area is 184 Å². The van der Waals surface area contributed by atoms with Crippen molar-refractivity contribution in [3.8, 4) is 22.4 Å². The number of benzene rings is 1. The molecule has 0 fully saturated rings. The van der Waals surface area contributed by atoms with Crippen molar-refractivity contribution < 1.29 is 4.39 Å². The molecule has 0 aliphatic heterocycles. The number of nitrogens with zero attached hydrogens (tertiary/aromatic N) is 4. The van der Waals surface area contributed by atoms with E-state index in [1.807, 2.05) is 16.9 Å². The topological polar surface area (TPSA) is 69.6 Å². The van der Waals surface area contributed by atoms with Crippen molar-refractivity contribution in [1.82, 2.24) is 19.7 Å². The third kappa shape index (κ3) is 4.29. The van der Waals surface area contributed by atoms with Gasteiger partial charge in [0.05, 0.1) is 11.9 Å². The van der Waals surface area contributed by atoms with Crippen LogP contribution in [0.15, 0.2) is 49.1 Å². The first kappa shape index (κ1) is 22.9. The summed E-state index contributed by atoms with van der Waals surface area (Å²) < 4.78 is 15.9. The largest absolute Gasteiger partial charge is 0.383 e. The number of hydrogen-bond donors (Lipinski definition) is 1. The highest BCUT2D eigenvalue weighted by atomic mass is 35.5. The first-order valence-electron chi connectivity index (χ1n) is 8.48. The lowest BCUT2D eigenvalue weighted by Crippen LogP contribution is -1.99. The van der Waals surface area contributed by atoms with E-state index >= 15 is 0 Å². The molecule has 4 rings (SSSR count). The van der Waals surface area contributed by atoms with Gasteiger partial charge in [-0.25, -0.2) is 9.37 Å². The first-order valence-corrected chi connectivity index (χ1v) is 8.86. The van der Waals surface area contributed by atoms with Crippen LogP contribution in [0.2, 0.25) is 5.02 Å². The average Bonchev–Trinajstić information content (AvgIpc) is 3.15. The van der Waals surface area contributed by atoms with Crippen molar-refractivity contribution in [2.45, 2.75) is 19.9 Å². The van der Waals surface area contributed by atoms with Gasteiger partial charge >= 0.3 is 0 Å². The van der Waals surface area contributed by atoms with Crippen LogP contribution >= 0.6 is 36.4 Å². The van der Waals surface area contributed by atoms with E-state index in [-0.39, 0.29) is 36.7 Å². The minimum absolute atomic E-state index is 0. The van der Waals surface area contributed by atoms with Crippen LogP contribution in [0, 0.1) is 5.82 Å². The molecule has 152 valence electrons. The molecule has 4 aromatic rings. The number of hydrogen-bond acceptors (Lipinski definition) is 4. The lowest BCUT2D eigenvalue weighted by Gasteiger charge is -2.09. The fourth-order valence-corrected chi connectivity index (χ4v) is 3.14. The summed E-state index contributed by atoms with van der Waals surface area (Å²) in [7, 11) is 0. The summed E-state index contributed by atoms with van der Waals surface area (Å²) in [6, 6.07) is 6.76. The van der Waals surface area contributed by atoms with Gasteiger partial charge in [-0.05, 0) is 38.1 Å². The zero-order chi connectivity index (χ0) is 19.1. The molecule has 0 unspecified atom stereocenters. The van der Waals surface area contributed by atoms with Gasteiger partial charge in [-0.1, -0.05) is 11.6 Å². The van der Waals surface area contributed by atoms with Crippen LogP contribution in [-0.2, 0) is 0 Å². The number of nitrogens with two attached hydrogens (primary N) is 1. The standard InChI is InChI=1S/C20H17ClFN5.2ClH/c1-11(2)27-10-13(8-26-27)12-5-15(20(23)25-7-12)19-6-14-16(9-24-19)18(22)4-3-17(14)21;;/h3-11H,1-2H3,(H2,23,25);2*1H. The molecule has 0 bridgehead atoms. The number of rotatable bonds is 3. The fourth-order valence-electron chi connectivity index (χ4n) is 2.92. The van der Waals surface area contributed by atoms with Crippen molar-refractivity contribution in [3.05, 3.63) is 59.9 Å². The molecule has 0 radical (unpaired) electrons. The molecule has 9 heteroatoms. The number of aromatic nitrogens is 4. The van der Waals surface area contributed by atoms with Gasteiger partial charge in [0.1, 0.15) is 11.6 Å². The van der Waals surface area contributed by atoms with Crippen LogP contribution in [0.1, 0.15) is 19.9 Å². The van der Waals surface area contributed by atoms with E-state index in [0.717, 1.165) is 11.1 Å².